The molecule has 0 heterocycles. The molecular formula is C15H17NO. The van der Waals surface area contributed by atoms with Crippen molar-refractivity contribution in [1.82, 2.24) is 0 Å². The third kappa shape index (κ3) is 1.50. The molecule has 2 rings (SSSR count). The molecule has 88 valence electrons. The molecule has 0 saturated heterocycles. The maximum absolute atomic E-state index is 12.0. The van der Waals surface area contributed by atoms with Crippen molar-refractivity contribution in [1.29, 1.82) is 5.26 Å². The lowest BCUT2D eigenvalue weighted by Gasteiger charge is -2.34. The Morgan fingerprint density at radius 1 is 1.24 bits per heavy atom. The van der Waals surface area contributed by atoms with Gasteiger partial charge in [0.05, 0.1) is 11.5 Å². The van der Waals surface area contributed by atoms with Crippen molar-refractivity contribution in [3.8, 4) is 6.07 Å². The van der Waals surface area contributed by atoms with Gasteiger partial charge in [-0.25, -0.2) is 0 Å². The fourth-order valence-electron chi connectivity index (χ4n) is 2.77. The van der Waals surface area contributed by atoms with Crippen LogP contribution in [-0.4, -0.2) is 5.78 Å². The van der Waals surface area contributed by atoms with Crippen LogP contribution in [0.1, 0.15) is 37.8 Å². The lowest BCUT2D eigenvalue weighted by atomic mass is 9.64. The van der Waals surface area contributed by atoms with E-state index in [0.717, 1.165) is 5.56 Å². The van der Waals surface area contributed by atoms with Gasteiger partial charge < -0.3 is 0 Å². The van der Waals surface area contributed by atoms with E-state index < -0.39 is 10.8 Å². The van der Waals surface area contributed by atoms with E-state index in [2.05, 4.69) is 6.07 Å². The number of aryl methyl sites for hydroxylation is 1. The van der Waals surface area contributed by atoms with Crippen LogP contribution in [0.4, 0.5) is 0 Å². The molecule has 1 saturated carbocycles. The Labute approximate surface area is 102 Å². The van der Waals surface area contributed by atoms with E-state index in [1.54, 1.807) is 0 Å². The summed E-state index contributed by atoms with van der Waals surface area (Å²) in [6.45, 7) is 5.81. The molecule has 0 bridgehead atoms. The van der Waals surface area contributed by atoms with Crippen LogP contribution in [0.25, 0.3) is 0 Å². The van der Waals surface area contributed by atoms with Gasteiger partial charge in [0.1, 0.15) is 5.78 Å². The maximum Gasteiger partial charge on any atom is 0.140 e. The summed E-state index contributed by atoms with van der Waals surface area (Å²) >= 11 is 0. The van der Waals surface area contributed by atoms with E-state index in [9.17, 15) is 10.1 Å². The van der Waals surface area contributed by atoms with Gasteiger partial charge in [0.25, 0.3) is 0 Å². The molecule has 1 atom stereocenters. The van der Waals surface area contributed by atoms with E-state index in [0.29, 0.717) is 12.8 Å². The molecule has 0 unspecified atom stereocenters. The van der Waals surface area contributed by atoms with Gasteiger partial charge in [0, 0.05) is 11.8 Å². The first-order valence-electron chi connectivity index (χ1n) is 5.96. The number of ketones is 1. The van der Waals surface area contributed by atoms with Gasteiger partial charge in [0.2, 0.25) is 0 Å². The summed E-state index contributed by atoms with van der Waals surface area (Å²) in [5, 5.41) is 9.59. The van der Waals surface area contributed by atoms with Crippen LogP contribution in [0.5, 0.6) is 0 Å². The average Bonchev–Trinajstić information content (AvgIpc) is 2.53. The summed E-state index contributed by atoms with van der Waals surface area (Å²) in [5.74, 6) is 0.194. The number of carbonyl (C=O) groups excluding carboxylic acids is 1. The number of hydrogen-bond donors (Lipinski definition) is 0. The second-order valence-electron chi connectivity index (χ2n) is 5.43. The van der Waals surface area contributed by atoms with Gasteiger partial charge in [-0.15, -0.1) is 0 Å². The number of carbonyl (C=O) groups is 1. The standard InChI is InChI=1S/C15H17NO/c1-11-4-6-12(7-5-11)15(10-16)9-8-13(17)14(15,2)3/h4-7H,8-9H2,1-3H3/t15-/m0/s1. The Morgan fingerprint density at radius 3 is 2.24 bits per heavy atom. The summed E-state index contributed by atoms with van der Waals surface area (Å²) in [7, 11) is 0. The van der Waals surface area contributed by atoms with Gasteiger partial charge in [-0.1, -0.05) is 43.7 Å². The fraction of sp³-hybridized carbons (Fsp3) is 0.467. The minimum atomic E-state index is -0.655. The zero-order valence-corrected chi connectivity index (χ0v) is 10.6. The molecule has 17 heavy (non-hydrogen) atoms. The van der Waals surface area contributed by atoms with Crippen LogP contribution in [0.3, 0.4) is 0 Å². The molecule has 1 aliphatic carbocycles. The lowest BCUT2D eigenvalue weighted by molar-refractivity contribution is -0.125. The van der Waals surface area contributed by atoms with Crippen molar-refractivity contribution in [3.63, 3.8) is 0 Å². The first kappa shape index (κ1) is 11.9. The normalized spacial score (nSPS) is 26.8. The van der Waals surface area contributed by atoms with Gasteiger partial charge in [0.15, 0.2) is 0 Å². The van der Waals surface area contributed by atoms with Crippen LogP contribution < -0.4 is 0 Å². The minimum Gasteiger partial charge on any atom is -0.299 e. The highest BCUT2D eigenvalue weighted by molar-refractivity contribution is 5.89. The SMILES string of the molecule is Cc1ccc([C@@]2(C#N)CCC(=O)C2(C)C)cc1. The molecule has 2 heteroatoms. The van der Waals surface area contributed by atoms with Gasteiger partial charge in [-0.3, -0.25) is 4.79 Å². The van der Waals surface area contributed by atoms with E-state index in [-0.39, 0.29) is 5.78 Å². The molecule has 0 radical (unpaired) electrons. The van der Waals surface area contributed by atoms with Gasteiger partial charge in [-0.05, 0) is 18.9 Å². The highest BCUT2D eigenvalue weighted by Crippen LogP contribution is 2.51. The number of nitriles is 1. The quantitative estimate of drug-likeness (QED) is 0.739. The smallest absolute Gasteiger partial charge is 0.140 e. The zero-order valence-electron chi connectivity index (χ0n) is 10.6. The molecular weight excluding hydrogens is 210 g/mol. The maximum atomic E-state index is 12.0. The zero-order chi connectivity index (χ0) is 12.7. The molecule has 0 aliphatic heterocycles. The molecule has 2 nitrogen and oxygen atoms in total. The van der Waals surface area contributed by atoms with E-state index in [4.69, 9.17) is 0 Å². The first-order chi connectivity index (χ1) is 7.94. The summed E-state index contributed by atoms with van der Waals surface area (Å²) in [5.41, 5.74) is 0.903. The molecule has 1 fully saturated rings. The Bertz CT molecular complexity index is 493. The molecule has 1 aliphatic rings. The molecule has 1 aromatic rings. The van der Waals surface area contributed by atoms with Gasteiger partial charge >= 0.3 is 0 Å². The van der Waals surface area contributed by atoms with Gasteiger partial charge in [-0.2, -0.15) is 5.26 Å². The summed E-state index contributed by atoms with van der Waals surface area (Å²) in [4.78, 5) is 12.0. The van der Waals surface area contributed by atoms with Crippen LogP contribution in [0, 0.1) is 23.7 Å². The molecule has 0 aromatic heterocycles. The molecule has 0 amide bonds. The van der Waals surface area contributed by atoms with E-state index >= 15 is 0 Å². The average molecular weight is 227 g/mol. The summed E-state index contributed by atoms with van der Waals surface area (Å²) in [6, 6.07) is 10.4. The van der Waals surface area contributed by atoms with E-state index in [1.807, 2.05) is 45.0 Å². The van der Waals surface area contributed by atoms with Crippen molar-refractivity contribution in [2.75, 3.05) is 0 Å². The number of nitrogens with zero attached hydrogens (tertiary/aromatic N) is 1. The second kappa shape index (κ2) is 3.70. The number of benzene rings is 1. The van der Waals surface area contributed by atoms with Crippen molar-refractivity contribution < 1.29 is 4.79 Å². The van der Waals surface area contributed by atoms with E-state index in [1.165, 1.54) is 5.56 Å². The highest BCUT2D eigenvalue weighted by atomic mass is 16.1. The Kier molecular flexibility index (Phi) is 2.58. The van der Waals surface area contributed by atoms with Crippen molar-refractivity contribution in [2.24, 2.45) is 5.41 Å². The van der Waals surface area contributed by atoms with Crippen molar-refractivity contribution >= 4 is 5.78 Å². The highest BCUT2D eigenvalue weighted by Gasteiger charge is 2.55. The minimum absolute atomic E-state index is 0.194. The van der Waals surface area contributed by atoms with Crippen molar-refractivity contribution in [3.05, 3.63) is 35.4 Å². The number of Topliss-reactive ketones (excluding diaryl/α,β-unsaturated/α-hetero) is 1. The molecule has 1 aromatic carbocycles. The van der Waals surface area contributed by atoms with Crippen molar-refractivity contribution in [2.45, 2.75) is 39.0 Å². The monoisotopic (exact) mass is 227 g/mol. The van der Waals surface area contributed by atoms with Crippen LogP contribution in [-0.2, 0) is 10.2 Å². The Morgan fingerprint density at radius 2 is 1.82 bits per heavy atom. The molecule has 0 N–H and O–H groups in total. The third-order valence-corrected chi connectivity index (χ3v) is 4.23. The summed E-state index contributed by atoms with van der Waals surface area (Å²) in [6.07, 6.45) is 1.15. The van der Waals surface area contributed by atoms with Crippen LogP contribution in [0.15, 0.2) is 24.3 Å². The second-order valence-corrected chi connectivity index (χ2v) is 5.43. The van der Waals surface area contributed by atoms with Crippen LogP contribution in [0.2, 0.25) is 0 Å². The Balaban J connectivity index is 2.57. The topological polar surface area (TPSA) is 40.9 Å². The predicted molar refractivity (Wildman–Crippen MR) is 66.5 cm³/mol. The lowest BCUT2D eigenvalue weighted by Crippen LogP contribution is -2.39. The number of hydrogen-bond acceptors (Lipinski definition) is 2. The molecule has 0 spiro atoms. The first-order valence-corrected chi connectivity index (χ1v) is 5.96. The summed E-state index contributed by atoms with van der Waals surface area (Å²) < 4.78 is 0. The fourth-order valence-corrected chi connectivity index (χ4v) is 2.77. The Hall–Kier alpha value is -1.62. The number of rotatable bonds is 1. The third-order valence-electron chi connectivity index (χ3n) is 4.23. The van der Waals surface area contributed by atoms with Crippen LogP contribution >= 0.6 is 0 Å². The predicted octanol–water partition coefficient (Wildman–Crippen LogP) is 3.15. The largest absolute Gasteiger partial charge is 0.299 e.